The summed E-state index contributed by atoms with van der Waals surface area (Å²) in [5.41, 5.74) is 9.57. The number of nitrogens with two attached hydrogens (primary N) is 1. The average Bonchev–Trinajstić information content (AvgIpc) is 2.88. The maximum Gasteiger partial charge on any atom is 0.255 e. The van der Waals surface area contributed by atoms with Gasteiger partial charge in [0, 0.05) is 25.3 Å². The molecule has 0 saturated carbocycles. The largest absolute Gasteiger partial charge is 0.369 e. The molecule has 3 heterocycles. The summed E-state index contributed by atoms with van der Waals surface area (Å²) < 4.78 is 13.5. The molecule has 0 bridgehead atoms. The van der Waals surface area contributed by atoms with Crippen LogP contribution in [0.3, 0.4) is 0 Å². The Morgan fingerprint density at radius 3 is 2.79 bits per heavy atom. The molecule has 1 unspecified atom stereocenters. The number of rotatable bonds is 9. The van der Waals surface area contributed by atoms with E-state index in [1.807, 2.05) is 30.3 Å². The number of hydrogen-bond acceptors (Lipinski definition) is 6. The maximum absolute atomic E-state index is 13.5. The van der Waals surface area contributed by atoms with Crippen molar-refractivity contribution in [2.45, 2.75) is 44.8 Å². The SMILES string of the molecule is NCc1cccc(CNC(=O)c2c(C3CCCCN3)ccnc2NCCc2cccc(F)c2)n1. The van der Waals surface area contributed by atoms with Crippen molar-refractivity contribution in [2.24, 2.45) is 5.73 Å². The predicted molar refractivity (Wildman–Crippen MR) is 131 cm³/mol. The quantitative estimate of drug-likeness (QED) is 0.388. The van der Waals surface area contributed by atoms with E-state index >= 15 is 0 Å². The highest BCUT2D eigenvalue weighted by atomic mass is 19.1. The van der Waals surface area contributed by atoms with Gasteiger partial charge in [-0.3, -0.25) is 9.78 Å². The number of carbonyl (C=O) groups is 1. The molecule has 7 nitrogen and oxygen atoms in total. The van der Waals surface area contributed by atoms with Gasteiger partial charge < -0.3 is 21.7 Å². The van der Waals surface area contributed by atoms with Crippen molar-refractivity contribution in [3.8, 4) is 0 Å². The summed E-state index contributed by atoms with van der Waals surface area (Å²) in [6, 6.07) is 14.2. The number of nitrogens with zero attached hydrogens (tertiary/aromatic N) is 2. The van der Waals surface area contributed by atoms with Gasteiger partial charge in [0.15, 0.2) is 0 Å². The van der Waals surface area contributed by atoms with E-state index in [1.165, 1.54) is 12.1 Å². The Morgan fingerprint density at radius 2 is 2.00 bits per heavy atom. The lowest BCUT2D eigenvalue weighted by Gasteiger charge is -2.26. The molecule has 0 aliphatic carbocycles. The fourth-order valence-electron chi connectivity index (χ4n) is 4.28. The van der Waals surface area contributed by atoms with Crippen LogP contribution < -0.4 is 21.7 Å². The first kappa shape index (κ1) is 23.8. The number of benzene rings is 1. The standard InChI is InChI=1S/C26H31FN6O/c27-19-6-3-5-18(15-19)10-13-30-25-24(22(11-14-31-25)23-9-1-2-12-29-23)26(34)32-17-21-8-4-7-20(16-28)33-21/h3-8,11,14-15,23,29H,1-2,9-10,12-13,16-17,28H2,(H,30,31)(H,32,34). The zero-order valence-electron chi connectivity index (χ0n) is 19.2. The number of pyridine rings is 2. The third kappa shape index (κ3) is 6.15. The molecule has 5 N–H and O–H groups in total. The van der Waals surface area contributed by atoms with Crippen LogP contribution >= 0.6 is 0 Å². The van der Waals surface area contributed by atoms with E-state index in [1.54, 1.807) is 12.3 Å². The molecule has 1 saturated heterocycles. The van der Waals surface area contributed by atoms with E-state index in [2.05, 4.69) is 25.9 Å². The number of halogens is 1. The van der Waals surface area contributed by atoms with Crippen LogP contribution in [0.1, 0.15) is 58.2 Å². The Labute approximate surface area is 199 Å². The van der Waals surface area contributed by atoms with Gasteiger partial charge in [-0.15, -0.1) is 0 Å². The van der Waals surface area contributed by atoms with Crippen LogP contribution in [-0.4, -0.2) is 29.0 Å². The molecule has 0 spiro atoms. The van der Waals surface area contributed by atoms with Gasteiger partial charge in [-0.05, 0) is 67.3 Å². The molecule has 1 fully saturated rings. The van der Waals surface area contributed by atoms with Gasteiger partial charge in [0.05, 0.1) is 23.5 Å². The lowest BCUT2D eigenvalue weighted by Crippen LogP contribution is -2.32. The van der Waals surface area contributed by atoms with Crippen molar-refractivity contribution in [3.63, 3.8) is 0 Å². The predicted octanol–water partition coefficient (Wildman–Crippen LogP) is 3.47. The van der Waals surface area contributed by atoms with Crippen LogP contribution in [0.5, 0.6) is 0 Å². The highest BCUT2D eigenvalue weighted by Gasteiger charge is 2.24. The van der Waals surface area contributed by atoms with Crippen LogP contribution in [-0.2, 0) is 19.5 Å². The average molecular weight is 463 g/mol. The van der Waals surface area contributed by atoms with Crippen molar-refractivity contribution < 1.29 is 9.18 Å². The summed E-state index contributed by atoms with van der Waals surface area (Å²) in [4.78, 5) is 22.4. The van der Waals surface area contributed by atoms with Crippen molar-refractivity contribution in [3.05, 3.63) is 88.6 Å². The third-order valence-electron chi connectivity index (χ3n) is 5.99. The molecule has 1 aromatic carbocycles. The highest BCUT2D eigenvalue weighted by Crippen LogP contribution is 2.29. The van der Waals surface area contributed by atoms with Crippen LogP contribution in [0.25, 0.3) is 0 Å². The number of hydrogen-bond donors (Lipinski definition) is 4. The Bertz CT molecular complexity index is 1120. The van der Waals surface area contributed by atoms with Gasteiger partial charge in [-0.2, -0.15) is 0 Å². The molecule has 2 aromatic heterocycles. The molecular formula is C26H31FN6O. The van der Waals surface area contributed by atoms with Crippen LogP contribution in [0.2, 0.25) is 0 Å². The molecule has 0 radical (unpaired) electrons. The van der Waals surface area contributed by atoms with E-state index in [0.717, 1.165) is 48.3 Å². The topological polar surface area (TPSA) is 105 Å². The van der Waals surface area contributed by atoms with E-state index in [0.29, 0.717) is 37.4 Å². The summed E-state index contributed by atoms with van der Waals surface area (Å²) in [7, 11) is 0. The molecule has 1 atom stereocenters. The molecule has 4 rings (SSSR count). The molecule has 34 heavy (non-hydrogen) atoms. The minimum Gasteiger partial charge on any atom is -0.369 e. The third-order valence-corrected chi connectivity index (χ3v) is 5.99. The Morgan fingerprint density at radius 1 is 1.15 bits per heavy atom. The van der Waals surface area contributed by atoms with E-state index in [-0.39, 0.29) is 17.8 Å². The number of anilines is 1. The van der Waals surface area contributed by atoms with Crippen LogP contribution in [0, 0.1) is 5.82 Å². The van der Waals surface area contributed by atoms with Crippen LogP contribution in [0.4, 0.5) is 10.2 Å². The Balaban J connectivity index is 1.53. The van der Waals surface area contributed by atoms with Gasteiger partial charge in [0.2, 0.25) is 0 Å². The smallest absolute Gasteiger partial charge is 0.255 e. The summed E-state index contributed by atoms with van der Waals surface area (Å²) in [5.74, 6) is 0.0690. The van der Waals surface area contributed by atoms with E-state index < -0.39 is 0 Å². The lowest BCUT2D eigenvalue weighted by molar-refractivity contribution is 0.0949. The molecule has 1 amide bonds. The second-order valence-corrected chi connectivity index (χ2v) is 8.44. The van der Waals surface area contributed by atoms with Gasteiger partial charge in [-0.25, -0.2) is 9.37 Å². The minimum absolute atomic E-state index is 0.0972. The monoisotopic (exact) mass is 462 g/mol. The van der Waals surface area contributed by atoms with Crippen molar-refractivity contribution in [2.75, 3.05) is 18.4 Å². The second-order valence-electron chi connectivity index (χ2n) is 8.44. The number of amides is 1. The number of aromatic nitrogens is 2. The molecule has 178 valence electrons. The first-order valence-electron chi connectivity index (χ1n) is 11.8. The molecule has 3 aromatic rings. The Hall–Kier alpha value is -3.36. The van der Waals surface area contributed by atoms with E-state index in [4.69, 9.17) is 5.73 Å². The normalized spacial score (nSPS) is 15.6. The first-order valence-corrected chi connectivity index (χ1v) is 11.8. The Kier molecular flexibility index (Phi) is 8.17. The molecule has 1 aliphatic heterocycles. The maximum atomic E-state index is 13.5. The summed E-state index contributed by atoms with van der Waals surface area (Å²) in [5, 5.41) is 9.84. The van der Waals surface area contributed by atoms with Crippen molar-refractivity contribution in [1.82, 2.24) is 20.6 Å². The zero-order valence-corrected chi connectivity index (χ0v) is 19.2. The second kappa shape index (κ2) is 11.7. The van der Waals surface area contributed by atoms with Crippen LogP contribution in [0.15, 0.2) is 54.7 Å². The number of piperidine rings is 1. The van der Waals surface area contributed by atoms with E-state index in [9.17, 15) is 9.18 Å². The number of carbonyl (C=O) groups excluding carboxylic acids is 1. The molecule has 8 heteroatoms. The number of nitrogens with one attached hydrogen (secondary N) is 3. The summed E-state index contributed by atoms with van der Waals surface area (Å²) in [6.07, 6.45) is 5.55. The fourth-order valence-corrected chi connectivity index (χ4v) is 4.28. The van der Waals surface area contributed by atoms with Gasteiger partial charge in [-0.1, -0.05) is 24.6 Å². The lowest BCUT2D eigenvalue weighted by atomic mass is 9.94. The summed E-state index contributed by atoms with van der Waals surface area (Å²) in [6.45, 7) is 2.09. The van der Waals surface area contributed by atoms with Gasteiger partial charge in [0.25, 0.3) is 5.91 Å². The zero-order chi connectivity index (χ0) is 23.8. The van der Waals surface area contributed by atoms with Gasteiger partial charge >= 0.3 is 0 Å². The van der Waals surface area contributed by atoms with Gasteiger partial charge in [0.1, 0.15) is 11.6 Å². The van der Waals surface area contributed by atoms with Crippen molar-refractivity contribution >= 4 is 11.7 Å². The highest BCUT2D eigenvalue weighted by molar-refractivity contribution is 6.00. The first-order chi connectivity index (χ1) is 16.6. The minimum atomic E-state index is -0.256. The summed E-state index contributed by atoms with van der Waals surface area (Å²) >= 11 is 0. The van der Waals surface area contributed by atoms with Crippen molar-refractivity contribution in [1.29, 1.82) is 0 Å². The molecule has 1 aliphatic rings. The molecular weight excluding hydrogens is 431 g/mol. The fraction of sp³-hybridized carbons (Fsp3) is 0.346.